The lowest BCUT2D eigenvalue weighted by Gasteiger charge is -2.35. The zero-order chi connectivity index (χ0) is 16.8. The maximum atomic E-state index is 12.4. The summed E-state index contributed by atoms with van der Waals surface area (Å²) in [5, 5.41) is 2.96. The molecule has 6 heteroatoms. The molecule has 2 fully saturated rings. The molecule has 1 aromatic rings. The Kier molecular flexibility index (Phi) is 5.93. The number of nitrogens with zero attached hydrogens (tertiary/aromatic N) is 2. The van der Waals surface area contributed by atoms with Crippen LogP contribution in [-0.4, -0.2) is 67.9 Å². The summed E-state index contributed by atoms with van der Waals surface area (Å²) < 4.78 is 11.1. The van der Waals surface area contributed by atoms with Crippen LogP contribution < -0.4 is 10.1 Å². The molecule has 132 valence electrons. The number of amides is 2. The second-order valence-corrected chi connectivity index (χ2v) is 6.31. The Bertz CT molecular complexity index is 521. The molecule has 0 bridgehead atoms. The van der Waals surface area contributed by atoms with Crippen molar-refractivity contribution in [2.75, 3.05) is 51.3 Å². The van der Waals surface area contributed by atoms with E-state index in [0.717, 1.165) is 50.8 Å². The Hall–Kier alpha value is -1.79. The van der Waals surface area contributed by atoms with E-state index in [4.69, 9.17) is 9.47 Å². The smallest absolute Gasteiger partial charge is 0.321 e. The van der Waals surface area contributed by atoms with Gasteiger partial charge >= 0.3 is 6.03 Å². The van der Waals surface area contributed by atoms with Crippen LogP contribution >= 0.6 is 0 Å². The van der Waals surface area contributed by atoms with Crippen LogP contribution in [0, 0.1) is 0 Å². The molecular weight excluding hydrogens is 306 g/mol. The van der Waals surface area contributed by atoms with E-state index in [2.05, 4.69) is 10.2 Å². The first kappa shape index (κ1) is 17.0. The van der Waals surface area contributed by atoms with Gasteiger partial charge in [0.15, 0.2) is 0 Å². The fraction of sp³-hybridized carbons (Fsp3) is 0.611. The third-order valence-corrected chi connectivity index (χ3v) is 4.56. The minimum Gasteiger partial charge on any atom is -0.494 e. The van der Waals surface area contributed by atoms with Crippen LogP contribution in [-0.2, 0) is 4.74 Å². The highest BCUT2D eigenvalue weighted by atomic mass is 16.5. The zero-order valence-electron chi connectivity index (χ0n) is 14.4. The summed E-state index contributed by atoms with van der Waals surface area (Å²) in [6.45, 7) is 7.83. The van der Waals surface area contributed by atoms with Crippen LogP contribution in [0.1, 0.15) is 19.8 Å². The molecule has 3 rings (SSSR count). The van der Waals surface area contributed by atoms with Crippen molar-refractivity contribution < 1.29 is 14.3 Å². The van der Waals surface area contributed by atoms with E-state index >= 15 is 0 Å². The number of urea groups is 1. The van der Waals surface area contributed by atoms with Crippen molar-refractivity contribution in [3.05, 3.63) is 24.3 Å². The number of ether oxygens (including phenoxy) is 2. The second kappa shape index (κ2) is 8.35. The van der Waals surface area contributed by atoms with Gasteiger partial charge in [-0.25, -0.2) is 4.79 Å². The summed E-state index contributed by atoms with van der Waals surface area (Å²) >= 11 is 0. The molecule has 2 saturated heterocycles. The van der Waals surface area contributed by atoms with Gasteiger partial charge in [0.1, 0.15) is 5.75 Å². The lowest BCUT2D eigenvalue weighted by Crippen LogP contribution is -2.51. The highest BCUT2D eigenvalue weighted by Crippen LogP contribution is 2.17. The van der Waals surface area contributed by atoms with Crippen molar-refractivity contribution in [2.45, 2.75) is 25.9 Å². The number of benzene rings is 1. The van der Waals surface area contributed by atoms with Crippen LogP contribution in [0.15, 0.2) is 24.3 Å². The number of nitrogens with one attached hydrogen (secondary N) is 1. The largest absolute Gasteiger partial charge is 0.494 e. The average molecular weight is 333 g/mol. The van der Waals surface area contributed by atoms with Crippen LogP contribution in [0.3, 0.4) is 0 Å². The number of anilines is 1. The van der Waals surface area contributed by atoms with Crippen molar-refractivity contribution in [2.24, 2.45) is 0 Å². The van der Waals surface area contributed by atoms with E-state index in [-0.39, 0.29) is 6.03 Å². The van der Waals surface area contributed by atoms with Crippen molar-refractivity contribution in [3.63, 3.8) is 0 Å². The summed E-state index contributed by atoms with van der Waals surface area (Å²) in [7, 11) is 0. The van der Waals surface area contributed by atoms with Crippen LogP contribution in [0.5, 0.6) is 5.75 Å². The number of piperazine rings is 1. The Morgan fingerprint density at radius 3 is 2.62 bits per heavy atom. The van der Waals surface area contributed by atoms with Gasteiger partial charge in [-0.15, -0.1) is 0 Å². The van der Waals surface area contributed by atoms with Gasteiger partial charge in [-0.2, -0.15) is 0 Å². The van der Waals surface area contributed by atoms with Crippen LogP contribution in [0.2, 0.25) is 0 Å². The van der Waals surface area contributed by atoms with E-state index in [0.29, 0.717) is 12.7 Å². The molecule has 2 amide bonds. The Labute approximate surface area is 143 Å². The van der Waals surface area contributed by atoms with E-state index in [1.165, 1.54) is 12.8 Å². The molecule has 2 heterocycles. The quantitative estimate of drug-likeness (QED) is 0.899. The first-order chi connectivity index (χ1) is 11.7. The number of hydrogen-bond acceptors (Lipinski definition) is 4. The Morgan fingerprint density at radius 2 is 2.00 bits per heavy atom. The molecule has 24 heavy (non-hydrogen) atoms. The van der Waals surface area contributed by atoms with Crippen molar-refractivity contribution in [1.29, 1.82) is 0 Å². The first-order valence-electron chi connectivity index (χ1n) is 8.87. The summed E-state index contributed by atoms with van der Waals surface area (Å²) in [5.74, 6) is 0.818. The minimum absolute atomic E-state index is 0.0315. The van der Waals surface area contributed by atoms with Crippen LogP contribution in [0.25, 0.3) is 0 Å². The van der Waals surface area contributed by atoms with Gasteiger partial charge in [-0.3, -0.25) is 4.90 Å². The third kappa shape index (κ3) is 4.61. The lowest BCUT2D eigenvalue weighted by molar-refractivity contribution is 0.0572. The molecule has 1 atom stereocenters. The highest BCUT2D eigenvalue weighted by molar-refractivity contribution is 5.89. The molecule has 0 radical (unpaired) electrons. The molecule has 1 N–H and O–H groups in total. The Balaban J connectivity index is 1.42. The zero-order valence-corrected chi connectivity index (χ0v) is 14.4. The fourth-order valence-electron chi connectivity index (χ4n) is 3.21. The van der Waals surface area contributed by atoms with E-state index in [1.807, 2.05) is 36.1 Å². The summed E-state index contributed by atoms with van der Waals surface area (Å²) in [6.07, 6.45) is 2.72. The molecule has 0 saturated carbocycles. The second-order valence-electron chi connectivity index (χ2n) is 6.31. The molecule has 1 unspecified atom stereocenters. The lowest BCUT2D eigenvalue weighted by atomic mass is 10.2. The molecule has 1 aromatic carbocycles. The Morgan fingerprint density at radius 1 is 1.25 bits per heavy atom. The molecule has 0 aliphatic carbocycles. The summed E-state index contributed by atoms with van der Waals surface area (Å²) in [4.78, 5) is 16.6. The van der Waals surface area contributed by atoms with Crippen molar-refractivity contribution >= 4 is 11.7 Å². The van der Waals surface area contributed by atoms with Gasteiger partial charge in [0.2, 0.25) is 0 Å². The molecular formula is C18H27N3O3. The maximum Gasteiger partial charge on any atom is 0.321 e. The van der Waals surface area contributed by atoms with Gasteiger partial charge in [-0.1, -0.05) is 0 Å². The molecule has 2 aliphatic heterocycles. The van der Waals surface area contributed by atoms with E-state index < -0.39 is 0 Å². The van der Waals surface area contributed by atoms with E-state index in [1.54, 1.807) is 0 Å². The number of rotatable bonds is 5. The number of hydrogen-bond donors (Lipinski definition) is 1. The topological polar surface area (TPSA) is 54.0 Å². The molecule has 6 nitrogen and oxygen atoms in total. The van der Waals surface area contributed by atoms with Gasteiger partial charge < -0.3 is 19.7 Å². The van der Waals surface area contributed by atoms with Gasteiger partial charge in [-0.05, 0) is 44.0 Å². The first-order valence-corrected chi connectivity index (χ1v) is 8.87. The maximum absolute atomic E-state index is 12.4. The molecule has 0 spiro atoms. The van der Waals surface area contributed by atoms with Gasteiger partial charge in [0, 0.05) is 45.0 Å². The number of carbonyl (C=O) groups excluding carboxylic acids is 1. The summed E-state index contributed by atoms with van der Waals surface area (Å²) in [6, 6.07) is 7.46. The predicted octanol–water partition coefficient (Wildman–Crippen LogP) is 2.41. The third-order valence-electron chi connectivity index (χ3n) is 4.56. The van der Waals surface area contributed by atoms with E-state index in [9.17, 15) is 4.79 Å². The average Bonchev–Trinajstić information content (AvgIpc) is 3.10. The monoisotopic (exact) mass is 333 g/mol. The van der Waals surface area contributed by atoms with Gasteiger partial charge in [0.05, 0.1) is 12.7 Å². The normalized spacial score (nSPS) is 21.7. The SMILES string of the molecule is CCOc1ccc(NC(=O)N2CCN(CC3CCCO3)CC2)cc1. The predicted molar refractivity (Wildman–Crippen MR) is 93.6 cm³/mol. The standard InChI is InChI=1S/C18H27N3O3/c1-2-23-16-7-5-15(6-8-16)19-18(22)21-11-9-20(10-12-21)14-17-4-3-13-24-17/h5-8,17H,2-4,9-14H2,1H3,(H,19,22). The van der Waals surface area contributed by atoms with Gasteiger partial charge in [0.25, 0.3) is 0 Å². The highest BCUT2D eigenvalue weighted by Gasteiger charge is 2.24. The van der Waals surface area contributed by atoms with Crippen LogP contribution in [0.4, 0.5) is 10.5 Å². The molecule has 0 aromatic heterocycles. The van der Waals surface area contributed by atoms with Crippen molar-refractivity contribution in [3.8, 4) is 5.75 Å². The molecule has 2 aliphatic rings. The fourth-order valence-corrected chi connectivity index (χ4v) is 3.21. The summed E-state index contributed by atoms with van der Waals surface area (Å²) in [5.41, 5.74) is 0.797. The number of carbonyl (C=O) groups is 1. The van der Waals surface area contributed by atoms with Crippen molar-refractivity contribution in [1.82, 2.24) is 9.80 Å². The minimum atomic E-state index is -0.0315.